The van der Waals surface area contributed by atoms with E-state index in [2.05, 4.69) is 23.2 Å². The fourth-order valence-corrected chi connectivity index (χ4v) is 13.5. The minimum Gasteiger partial charge on any atom is -0.465 e. The van der Waals surface area contributed by atoms with Crippen LogP contribution in [0.25, 0.3) is 21.5 Å². The summed E-state index contributed by atoms with van der Waals surface area (Å²) in [7, 11) is 1.05. The van der Waals surface area contributed by atoms with Crippen LogP contribution >= 0.6 is 52.6 Å². The predicted molar refractivity (Wildman–Crippen MR) is 261 cm³/mol. The summed E-state index contributed by atoms with van der Waals surface area (Å²) in [6.45, 7) is 0.982. The minimum absolute atomic E-state index is 0.0305. The molecule has 5 aromatic rings. The number of fused-ring (bicyclic) bond motifs is 6. The number of likely N-dealkylation sites (N-methyl/N-ethyl adjacent to an activating group) is 2. The molecular weight excluding hydrogens is 961 g/mol. The number of nitrogens with zero attached hydrogens (tertiary/aromatic N) is 5. The SMILES string of the molecule is CN(CCN(C)C(=O)OCC(Cc1cc2c(c3ccccc13)[C@H](CCl)CN2C(=O)C12CC(C(=O)N3C[C@@H](CCl)c4c3cc(OP(=O)(O)O)c3ccccc43)(C1)C2)SSc1ccccn1)C(=O)O. The highest BCUT2D eigenvalue weighted by Crippen LogP contribution is 2.75. The molecule has 67 heavy (non-hydrogen) atoms. The molecule has 3 saturated carbocycles. The molecule has 5 aliphatic rings. The van der Waals surface area contributed by atoms with Crippen LogP contribution in [0.3, 0.4) is 0 Å². The number of amides is 4. The second kappa shape index (κ2) is 18.6. The van der Waals surface area contributed by atoms with Crippen LogP contribution in [0.4, 0.5) is 21.0 Å². The van der Waals surface area contributed by atoms with Gasteiger partial charge in [0.25, 0.3) is 0 Å². The molecule has 1 aromatic heterocycles. The molecule has 15 nitrogen and oxygen atoms in total. The van der Waals surface area contributed by atoms with Gasteiger partial charge in [-0.15, -0.1) is 23.2 Å². The highest BCUT2D eigenvalue weighted by molar-refractivity contribution is 8.76. The minimum atomic E-state index is -4.94. The van der Waals surface area contributed by atoms with Gasteiger partial charge < -0.3 is 34.0 Å². The van der Waals surface area contributed by atoms with Gasteiger partial charge in [-0.3, -0.25) is 19.4 Å². The zero-order valence-corrected chi connectivity index (χ0v) is 40.6. The first-order chi connectivity index (χ1) is 32.0. The molecule has 4 amide bonds. The number of pyridine rings is 1. The molecular formula is C47H48Cl2N5O10PS2. The second-order valence-electron chi connectivity index (χ2n) is 18.0. The Morgan fingerprint density at radius 1 is 0.806 bits per heavy atom. The van der Waals surface area contributed by atoms with Crippen molar-refractivity contribution in [2.45, 2.75) is 47.8 Å². The van der Waals surface area contributed by atoms with Gasteiger partial charge in [-0.25, -0.2) is 19.1 Å². The molecule has 2 bridgehead atoms. The molecule has 20 heteroatoms. The van der Waals surface area contributed by atoms with Crippen LogP contribution < -0.4 is 14.3 Å². The van der Waals surface area contributed by atoms with E-state index in [4.69, 9.17) is 32.5 Å². The molecule has 2 aliphatic heterocycles. The van der Waals surface area contributed by atoms with Gasteiger partial charge in [-0.05, 0) is 87.5 Å². The van der Waals surface area contributed by atoms with Gasteiger partial charge in [-0.1, -0.05) is 65.4 Å². The molecule has 352 valence electrons. The Balaban J connectivity index is 0.966. The molecule has 0 radical (unpaired) electrons. The number of carbonyl (C=O) groups excluding carboxylic acids is 3. The van der Waals surface area contributed by atoms with E-state index in [1.807, 2.05) is 47.4 Å². The number of aromatic nitrogens is 1. The summed E-state index contributed by atoms with van der Waals surface area (Å²) in [4.78, 5) is 84.0. The number of hydrogen-bond donors (Lipinski definition) is 3. The van der Waals surface area contributed by atoms with Crippen molar-refractivity contribution in [2.75, 3.05) is 68.4 Å². The topological polar surface area (TPSA) is 190 Å². The van der Waals surface area contributed by atoms with E-state index in [-0.39, 0.29) is 66.8 Å². The van der Waals surface area contributed by atoms with Crippen LogP contribution in [0, 0.1) is 10.8 Å². The van der Waals surface area contributed by atoms with Crippen molar-refractivity contribution < 1.29 is 47.9 Å². The lowest BCUT2D eigenvalue weighted by Crippen LogP contribution is -2.73. The van der Waals surface area contributed by atoms with E-state index in [0.717, 1.165) is 43.1 Å². The second-order valence-corrected chi connectivity index (χ2v) is 22.3. The summed E-state index contributed by atoms with van der Waals surface area (Å²) in [5.41, 5.74) is 2.52. The lowest BCUT2D eigenvalue weighted by Gasteiger charge is -2.69. The van der Waals surface area contributed by atoms with Crippen LogP contribution in [-0.2, 0) is 25.3 Å². The number of benzene rings is 4. The lowest BCUT2D eigenvalue weighted by molar-refractivity contribution is -0.204. The zero-order chi connectivity index (χ0) is 47.4. The molecule has 1 unspecified atom stereocenters. The van der Waals surface area contributed by atoms with Gasteiger partial charge in [0.1, 0.15) is 17.4 Å². The van der Waals surface area contributed by atoms with Gasteiger partial charge in [-0.2, -0.15) is 0 Å². The summed E-state index contributed by atoms with van der Waals surface area (Å²) in [5, 5.41) is 13.0. The number of carbonyl (C=O) groups is 4. The maximum Gasteiger partial charge on any atom is 0.524 e. The third kappa shape index (κ3) is 8.92. The number of carboxylic acid groups (broad SMARTS) is 1. The van der Waals surface area contributed by atoms with Crippen LogP contribution in [0.2, 0.25) is 0 Å². The number of phosphoric ester groups is 1. The zero-order valence-electron chi connectivity index (χ0n) is 36.5. The molecule has 10 rings (SSSR count). The van der Waals surface area contributed by atoms with Crippen molar-refractivity contribution in [1.82, 2.24) is 14.8 Å². The van der Waals surface area contributed by atoms with E-state index in [0.29, 0.717) is 54.6 Å². The van der Waals surface area contributed by atoms with Crippen LogP contribution in [-0.4, -0.2) is 118 Å². The lowest BCUT2D eigenvalue weighted by atomic mass is 9.34. The Kier molecular flexibility index (Phi) is 13.2. The highest BCUT2D eigenvalue weighted by atomic mass is 35.5. The number of hydrogen-bond acceptors (Lipinski definition) is 10. The fraction of sp³-hybridized carbons (Fsp3) is 0.383. The molecule has 3 atom stereocenters. The van der Waals surface area contributed by atoms with Crippen molar-refractivity contribution in [3.8, 4) is 5.75 Å². The number of phosphoric acid groups is 1. The van der Waals surface area contributed by atoms with Gasteiger partial charge in [0.15, 0.2) is 0 Å². The maximum absolute atomic E-state index is 15.0. The first-order valence-corrected chi connectivity index (χ1v) is 26.5. The first kappa shape index (κ1) is 47.3. The molecule has 4 aromatic carbocycles. The Morgan fingerprint density at radius 2 is 1.34 bits per heavy atom. The van der Waals surface area contributed by atoms with E-state index in [9.17, 15) is 38.6 Å². The summed E-state index contributed by atoms with van der Waals surface area (Å²) in [5.74, 6) is -0.0845. The van der Waals surface area contributed by atoms with Gasteiger partial charge in [0.05, 0.1) is 21.8 Å². The third-order valence-corrected chi connectivity index (χ3v) is 17.4. The smallest absolute Gasteiger partial charge is 0.465 e. The first-order valence-electron chi connectivity index (χ1n) is 21.7. The Morgan fingerprint density at radius 3 is 1.90 bits per heavy atom. The summed E-state index contributed by atoms with van der Waals surface area (Å²) >= 11 is 13.2. The number of anilines is 2. The molecule has 3 fully saturated rings. The number of ether oxygens (including phenoxy) is 1. The molecule has 3 aliphatic carbocycles. The average Bonchev–Trinajstić information content (AvgIpc) is 3.86. The van der Waals surface area contributed by atoms with Crippen molar-refractivity contribution in [1.29, 1.82) is 0 Å². The normalized spacial score (nSPS) is 21.8. The summed E-state index contributed by atoms with van der Waals surface area (Å²) in [6, 6.07) is 24.4. The summed E-state index contributed by atoms with van der Waals surface area (Å²) < 4.78 is 23.0. The van der Waals surface area contributed by atoms with Crippen LogP contribution in [0.1, 0.15) is 47.8 Å². The van der Waals surface area contributed by atoms with Gasteiger partial charge >= 0.3 is 20.0 Å². The standard InChI is InChI=1S/C47H48Cl2N5O10PS2/c1-51(44(57)58)15-16-52(2)45(59)63-24-31(66-67-39-13-7-8-14-50-39)17-28-18-36-40(34-11-5-3-9-32(28)34)29(20-48)22-53(36)42(55)46-25-47(26-46,27-46)43(56)54-23-30(21-49)41-35-12-6-4-10-33(35)38(19-37(41)54)64-65(60,61)62/h3-14,18-19,29-31H,15-17,20-27H2,1-2H3,(H,57,58)(H2,60,61,62)/t29-,30-,31?,46?,47?/m1/s1. The largest absolute Gasteiger partial charge is 0.524 e. The number of alkyl halides is 2. The summed E-state index contributed by atoms with van der Waals surface area (Å²) in [6.07, 6.45) is 1.59. The monoisotopic (exact) mass is 1010 g/mol. The van der Waals surface area contributed by atoms with Gasteiger partial charge in [0, 0.05) is 87.2 Å². The molecule has 0 saturated heterocycles. The highest BCUT2D eigenvalue weighted by Gasteiger charge is 2.76. The van der Waals surface area contributed by atoms with Crippen LogP contribution in [0.5, 0.6) is 5.75 Å². The Hall–Kier alpha value is -4.74. The van der Waals surface area contributed by atoms with Crippen LogP contribution in [0.15, 0.2) is 90.1 Å². The Labute approximate surface area is 404 Å². The van der Waals surface area contributed by atoms with E-state index < -0.39 is 30.8 Å². The van der Waals surface area contributed by atoms with Crippen molar-refractivity contribution >= 4 is 110 Å². The molecule has 3 N–H and O–H groups in total. The third-order valence-electron chi connectivity index (χ3n) is 13.6. The van der Waals surface area contributed by atoms with E-state index in [1.165, 1.54) is 39.6 Å². The van der Waals surface area contributed by atoms with Crippen molar-refractivity contribution in [3.63, 3.8) is 0 Å². The number of rotatable bonds is 16. The number of halogens is 2. The quantitative estimate of drug-likeness (QED) is 0.0483. The average molecular weight is 1010 g/mol. The van der Waals surface area contributed by atoms with E-state index in [1.54, 1.807) is 30.3 Å². The van der Waals surface area contributed by atoms with Crippen molar-refractivity contribution in [2.24, 2.45) is 10.8 Å². The molecule has 3 heterocycles. The van der Waals surface area contributed by atoms with Gasteiger partial charge in [0.2, 0.25) is 11.8 Å². The predicted octanol–water partition coefficient (Wildman–Crippen LogP) is 9.10. The Bertz CT molecular complexity index is 2820. The van der Waals surface area contributed by atoms with Crippen molar-refractivity contribution in [3.05, 3.63) is 102 Å². The fourth-order valence-electron chi connectivity index (χ4n) is 10.4. The molecule has 0 spiro atoms. The maximum atomic E-state index is 15.0. The van der Waals surface area contributed by atoms with E-state index >= 15 is 0 Å².